The molecule has 0 aliphatic carbocycles. The number of carbonyl (C=O) groups is 1. The fourth-order valence-electron chi connectivity index (χ4n) is 2.10. The normalized spacial score (nSPS) is 10.3. The van der Waals surface area contributed by atoms with Crippen LogP contribution in [-0.2, 0) is 6.61 Å². The maximum absolute atomic E-state index is 11.7. The molecular weight excluding hydrogens is 332 g/mol. The quantitative estimate of drug-likeness (QED) is 0.506. The maximum atomic E-state index is 11.7. The fraction of sp³-hybridized carbons (Fsp3) is 0.188. The summed E-state index contributed by atoms with van der Waals surface area (Å²) in [6.45, 7) is 4.34. The molecule has 2 rings (SSSR count). The van der Waals surface area contributed by atoms with Crippen molar-refractivity contribution in [3.05, 3.63) is 63.1 Å². The van der Waals surface area contributed by atoms with E-state index in [2.05, 4.69) is 21.4 Å². The van der Waals surface area contributed by atoms with Gasteiger partial charge in [0.1, 0.15) is 12.4 Å². The Morgan fingerprint density at radius 1 is 1.24 bits per heavy atom. The van der Waals surface area contributed by atoms with Gasteiger partial charge in [0.05, 0.1) is 0 Å². The minimum atomic E-state index is -0.322. The summed E-state index contributed by atoms with van der Waals surface area (Å²) >= 11 is 3.53. The second-order valence-electron chi connectivity index (χ2n) is 4.79. The molecular formula is C16H17BrN2O2. The van der Waals surface area contributed by atoms with Gasteiger partial charge in [-0.25, -0.2) is 5.84 Å². The largest absolute Gasteiger partial charge is 0.489 e. The average molecular weight is 349 g/mol. The van der Waals surface area contributed by atoms with E-state index in [4.69, 9.17) is 10.6 Å². The van der Waals surface area contributed by atoms with Crippen LogP contribution in [0.1, 0.15) is 27.0 Å². The van der Waals surface area contributed by atoms with Gasteiger partial charge in [0.2, 0.25) is 0 Å². The Morgan fingerprint density at radius 3 is 2.48 bits per heavy atom. The molecule has 0 aliphatic rings. The van der Waals surface area contributed by atoms with Gasteiger partial charge >= 0.3 is 0 Å². The Balaban J connectivity index is 2.19. The molecule has 3 N–H and O–H groups in total. The van der Waals surface area contributed by atoms with Gasteiger partial charge in [0.25, 0.3) is 5.91 Å². The molecule has 0 fully saturated rings. The second-order valence-corrected chi connectivity index (χ2v) is 5.58. The maximum Gasteiger partial charge on any atom is 0.265 e. The molecule has 5 heteroatoms. The summed E-state index contributed by atoms with van der Waals surface area (Å²) in [7, 11) is 0. The summed E-state index contributed by atoms with van der Waals surface area (Å²) in [5.41, 5.74) is 5.67. The van der Waals surface area contributed by atoms with Gasteiger partial charge in [-0.15, -0.1) is 0 Å². The van der Waals surface area contributed by atoms with Crippen molar-refractivity contribution in [2.75, 3.05) is 0 Å². The Morgan fingerprint density at radius 2 is 1.86 bits per heavy atom. The molecule has 1 amide bonds. The lowest BCUT2D eigenvalue weighted by atomic mass is 10.1. The number of aryl methyl sites for hydroxylation is 2. The predicted octanol–water partition coefficient (Wildman–Crippen LogP) is 3.25. The standard InChI is InChI=1S/C16H17BrN2O2/c1-10-7-13(8-11(2)15(10)17)21-9-12-5-3-4-6-14(12)16(20)19-18/h3-8H,9,18H2,1-2H3,(H,19,20). The molecule has 0 unspecified atom stereocenters. The topological polar surface area (TPSA) is 64.3 Å². The van der Waals surface area contributed by atoms with Crippen LogP contribution >= 0.6 is 15.9 Å². The minimum absolute atomic E-state index is 0.310. The van der Waals surface area contributed by atoms with Crippen LogP contribution in [0.3, 0.4) is 0 Å². The van der Waals surface area contributed by atoms with Gasteiger partial charge in [0.15, 0.2) is 0 Å². The third kappa shape index (κ3) is 3.62. The van der Waals surface area contributed by atoms with E-state index in [0.717, 1.165) is 26.9 Å². The Kier molecular flexibility index (Phi) is 4.98. The highest BCUT2D eigenvalue weighted by Crippen LogP contribution is 2.27. The van der Waals surface area contributed by atoms with Gasteiger partial charge in [-0.1, -0.05) is 34.1 Å². The van der Waals surface area contributed by atoms with Crippen molar-refractivity contribution in [2.24, 2.45) is 5.84 Å². The molecule has 0 radical (unpaired) electrons. The number of nitrogen functional groups attached to an aromatic ring is 1. The lowest BCUT2D eigenvalue weighted by molar-refractivity contribution is 0.0951. The highest BCUT2D eigenvalue weighted by Gasteiger charge is 2.10. The number of amides is 1. The monoisotopic (exact) mass is 348 g/mol. The predicted molar refractivity (Wildman–Crippen MR) is 86.0 cm³/mol. The van der Waals surface area contributed by atoms with Crippen molar-refractivity contribution in [2.45, 2.75) is 20.5 Å². The first kappa shape index (κ1) is 15.5. The molecule has 0 bridgehead atoms. The Bertz CT molecular complexity index is 648. The number of benzene rings is 2. The highest BCUT2D eigenvalue weighted by molar-refractivity contribution is 9.10. The summed E-state index contributed by atoms with van der Waals surface area (Å²) in [5.74, 6) is 5.64. The summed E-state index contributed by atoms with van der Waals surface area (Å²) in [5, 5.41) is 0. The first-order valence-electron chi connectivity index (χ1n) is 6.51. The molecule has 2 aromatic carbocycles. The van der Waals surface area contributed by atoms with E-state index >= 15 is 0 Å². The van der Waals surface area contributed by atoms with Gasteiger partial charge in [0, 0.05) is 15.6 Å². The zero-order chi connectivity index (χ0) is 15.4. The van der Waals surface area contributed by atoms with Crippen LogP contribution in [0.2, 0.25) is 0 Å². The van der Waals surface area contributed by atoms with E-state index in [1.807, 2.05) is 38.1 Å². The molecule has 0 saturated carbocycles. The Hall–Kier alpha value is -1.85. The molecule has 0 saturated heterocycles. The zero-order valence-electron chi connectivity index (χ0n) is 11.9. The molecule has 0 aliphatic heterocycles. The van der Waals surface area contributed by atoms with E-state index < -0.39 is 0 Å². The Labute approximate surface area is 132 Å². The molecule has 0 heterocycles. The van der Waals surface area contributed by atoms with E-state index in [9.17, 15) is 4.79 Å². The van der Waals surface area contributed by atoms with E-state index in [0.29, 0.717) is 12.2 Å². The molecule has 4 nitrogen and oxygen atoms in total. The molecule has 0 atom stereocenters. The van der Waals surface area contributed by atoms with Crippen molar-refractivity contribution in [3.63, 3.8) is 0 Å². The molecule has 110 valence electrons. The third-order valence-corrected chi connectivity index (χ3v) is 4.45. The number of halogens is 1. The van der Waals surface area contributed by atoms with Crippen molar-refractivity contribution in [1.82, 2.24) is 5.43 Å². The SMILES string of the molecule is Cc1cc(OCc2ccccc2C(=O)NN)cc(C)c1Br. The van der Waals surface area contributed by atoms with E-state index in [-0.39, 0.29) is 5.91 Å². The smallest absolute Gasteiger partial charge is 0.265 e. The summed E-state index contributed by atoms with van der Waals surface area (Å²) < 4.78 is 6.88. The van der Waals surface area contributed by atoms with Crippen LogP contribution in [0, 0.1) is 13.8 Å². The lowest BCUT2D eigenvalue weighted by Crippen LogP contribution is -2.30. The van der Waals surface area contributed by atoms with Crippen molar-refractivity contribution in [3.8, 4) is 5.75 Å². The number of hydrogen-bond donors (Lipinski definition) is 2. The fourth-order valence-corrected chi connectivity index (χ4v) is 2.32. The average Bonchev–Trinajstić information content (AvgIpc) is 2.50. The van der Waals surface area contributed by atoms with Gasteiger partial charge in [-0.2, -0.15) is 0 Å². The summed E-state index contributed by atoms with van der Waals surface area (Å²) in [6.07, 6.45) is 0. The van der Waals surface area contributed by atoms with Gasteiger partial charge in [-0.05, 0) is 43.2 Å². The van der Waals surface area contributed by atoms with Crippen LogP contribution in [0.5, 0.6) is 5.75 Å². The molecule has 0 aromatic heterocycles. The number of ether oxygens (including phenoxy) is 1. The summed E-state index contributed by atoms with van der Waals surface area (Å²) in [4.78, 5) is 11.7. The second kappa shape index (κ2) is 6.74. The number of nitrogens with one attached hydrogen (secondary N) is 1. The first-order chi connectivity index (χ1) is 10.0. The number of rotatable bonds is 4. The number of nitrogens with two attached hydrogens (primary N) is 1. The van der Waals surface area contributed by atoms with Crippen molar-refractivity contribution in [1.29, 1.82) is 0 Å². The number of hydrazine groups is 1. The van der Waals surface area contributed by atoms with Crippen molar-refractivity contribution >= 4 is 21.8 Å². The zero-order valence-corrected chi connectivity index (χ0v) is 13.5. The number of carbonyl (C=O) groups excluding carboxylic acids is 1. The van der Waals surface area contributed by atoms with Crippen LogP contribution in [0.25, 0.3) is 0 Å². The van der Waals surface area contributed by atoms with Gasteiger partial charge < -0.3 is 4.74 Å². The first-order valence-corrected chi connectivity index (χ1v) is 7.30. The molecule has 21 heavy (non-hydrogen) atoms. The van der Waals surface area contributed by atoms with Crippen molar-refractivity contribution < 1.29 is 9.53 Å². The number of hydrogen-bond acceptors (Lipinski definition) is 3. The highest BCUT2D eigenvalue weighted by atomic mass is 79.9. The van der Waals surface area contributed by atoms with E-state index in [1.54, 1.807) is 12.1 Å². The van der Waals surface area contributed by atoms with E-state index in [1.165, 1.54) is 0 Å². The van der Waals surface area contributed by atoms with Crippen LogP contribution in [-0.4, -0.2) is 5.91 Å². The lowest BCUT2D eigenvalue weighted by Gasteiger charge is -2.12. The minimum Gasteiger partial charge on any atom is -0.489 e. The van der Waals surface area contributed by atoms with Crippen LogP contribution in [0.15, 0.2) is 40.9 Å². The molecule has 0 spiro atoms. The van der Waals surface area contributed by atoms with Crippen LogP contribution < -0.4 is 16.0 Å². The molecule has 2 aromatic rings. The van der Waals surface area contributed by atoms with Crippen LogP contribution in [0.4, 0.5) is 0 Å². The third-order valence-electron chi connectivity index (χ3n) is 3.20. The van der Waals surface area contributed by atoms with Gasteiger partial charge in [-0.3, -0.25) is 10.2 Å². The summed E-state index contributed by atoms with van der Waals surface area (Å²) in [6, 6.07) is 11.2.